The number of fused-ring (bicyclic) bond motifs is 2. The summed E-state index contributed by atoms with van der Waals surface area (Å²) in [6.45, 7) is 0. The van der Waals surface area contributed by atoms with Crippen molar-refractivity contribution in [1.82, 2.24) is 15.3 Å². The lowest BCUT2D eigenvalue weighted by atomic mass is 9.90. The van der Waals surface area contributed by atoms with Crippen molar-refractivity contribution in [1.29, 1.82) is 0 Å². The van der Waals surface area contributed by atoms with Gasteiger partial charge in [0.15, 0.2) is 0 Å². The van der Waals surface area contributed by atoms with Crippen LogP contribution in [0.15, 0.2) is 47.3 Å². The number of hydrogen-bond acceptors (Lipinski definition) is 4. The molecule has 0 bridgehead atoms. The molecule has 0 saturated carbocycles. The summed E-state index contributed by atoms with van der Waals surface area (Å²) in [4.78, 5) is 43.3. The summed E-state index contributed by atoms with van der Waals surface area (Å²) >= 11 is 0. The Kier molecular flexibility index (Phi) is 4.19. The molecule has 7 nitrogen and oxygen atoms in total. The highest BCUT2D eigenvalue weighted by Crippen LogP contribution is 2.28. The first-order valence-corrected chi connectivity index (χ1v) is 8.75. The lowest BCUT2D eigenvalue weighted by Crippen LogP contribution is -2.34. The van der Waals surface area contributed by atoms with Gasteiger partial charge in [-0.25, -0.2) is 4.98 Å². The van der Waals surface area contributed by atoms with Crippen LogP contribution in [0, 0.1) is 0 Å². The van der Waals surface area contributed by atoms with Gasteiger partial charge in [0, 0.05) is 11.1 Å². The number of aromatic nitrogens is 2. The number of nitrogens with one attached hydrogen (secondary N) is 2. The molecule has 7 heteroatoms. The summed E-state index contributed by atoms with van der Waals surface area (Å²) in [5, 5.41) is 3.93. The number of amides is 2. The molecule has 2 amide bonds. The van der Waals surface area contributed by atoms with Crippen LogP contribution in [0.5, 0.6) is 0 Å². The Morgan fingerprint density at radius 3 is 2.81 bits per heavy atom. The van der Waals surface area contributed by atoms with Gasteiger partial charge in [0.05, 0.1) is 11.6 Å². The molecule has 1 aliphatic rings. The van der Waals surface area contributed by atoms with Gasteiger partial charge in [-0.05, 0) is 43.0 Å². The number of benzene rings is 1. The second-order valence-electron chi connectivity index (χ2n) is 6.62. The molecule has 0 saturated heterocycles. The van der Waals surface area contributed by atoms with E-state index < -0.39 is 11.5 Å². The maximum absolute atomic E-state index is 12.7. The van der Waals surface area contributed by atoms with Crippen LogP contribution in [0.25, 0.3) is 10.9 Å². The molecular formula is C20H18N4O3. The number of hydrogen-bond donors (Lipinski definition) is 3. The van der Waals surface area contributed by atoms with Crippen molar-refractivity contribution in [2.24, 2.45) is 5.73 Å². The van der Waals surface area contributed by atoms with E-state index in [1.807, 2.05) is 30.3 Å². The number of H-pyrrole nitrogens is 1. The topological polar surface area (TPSA) is 118 Å². The molecule has 0 fully saturated rings. The van der Waals surface area contributed by atoms with Gasteiger partial charge in [0.2, 0.25) is 0 Å². The number of aromatic amines is 1. The highest BCUT2D eigenvalue weighted by Gasteiger charge is 2.25. The van der Waals surface area contributed by atoms with Crippen molar-refractivity contribution >= 4 is 22.7 Å². The van der Waals surface area contributed by atoms with E-state index in [4.69, 9.17) is 5.73 Å². The van der Waals surface area contributed by atoms with Gasteiger partial charge in [0.25, 0.3) is 17.4 Å². The summed E-state index contributed by atoms with van der Waals surface area (Å²) < 4.78 is 0. The molecule has 1 aromatic carbocycles. The fraction of sp³-hybridized carbons (Fsp3) is 0.200. The molecule has 0 radical (unpaired) electrons. The minimum absolute atomic E-state index is 0.0984. The van der Waals surface area contributed by atoms with Crippen molar-refractivity contribution in [3.63, 3.8) is 0 Å². The van der Waals surface area contributed by atoms with Gasteiger partial charge in [-0.1, -0.05) is 24.3 Å². The van der Waals surface area contributed by atoms with Crippen LogP contribution in [-0.2, 0) is 6.42 Å². The molecule has 0 aliphatic heterocycles. The summed E-state index contributed by atoms with van der Waals surface area (Å²) in [5.41, 5.74) is 7.21. The number of carbonyl (C=O) groups is 2. The zero-order chi connectivity index (χ0) is 19.0. The second-order valence-corrected chi connectivity index (χ2v) is 6.62. The quantitative estimate of drug-likeness (QED) is 0.659. The van der Waals surface area contributed by atoms with E-state index in [0.717, 1.165) is 28.6 Å². The lowest BCUT2D eigenvalue weighted by molar-refractivity contribution is 0.0927. The number of carbonyl (C=O) groups excluding carboxylic acids is 2. The molecule has 2 aromatic heterocycles. The van der Waals surface area contributed by atoms with E-state index in [2.05, 4.69) is 15.3 Å². The third-order valence-electron chi connectivity index (χ3n) is 4.85. The Bertz CT molecular complexity index is 1120. The van der Waals surface area contributed by atoms with E-state index in [1.54, 1.807) is 6.07 Å². The van der Waals surface area contributed by atoms with Gasteiger partial charge in [-0.3, -0.25) is 14.4 Å². The number of aryl methyl sites for hydroxylation is 1. The van der Waals surface area contributed by atoms with Gasteiger partial charge in [-0.2, -0.15) is 0 Å². The first kappa shape index (κ1) is 17.0. The minimum atomic E-state index is -0.786. The van der Waals surface area contributed by atoms with Gasteiger partial charge >= 0.3 is 0 Å². The number of primary amides is 1. The van der Waals surface area contributed by atoms with Crippen molar-refractivity contribution < 1.29 is 9.59 Å². The zero-order valence-electron chi connectivity index (χ0n) is 14.5. The third kappa shape index (κ3) is 3.19. The van der Waals surface area contributed by atoms with E-state index in [0.29, 0.717) is 18.5 Å². The first-order chi connectivity index (χ1) is 13.0. The lowest BCUT2D eigenvalue weighted by Gasteiger charge is -2.26. The highest BCUT2D eigenvalue weighted by atomic mass is 16.2. The molecule has 3 aromatic rings. The Morgan fingerprint density at radius 2 is 2.00 bits per heavy atom. The van der Waals surface area contributed by atoms with Crippen molar-refractivity contribution in [2.45, 2.75) is 25.3 Å². The van der Waals surface area contributed by atoms with E-state index in [1.165, 1.54) is 6.07 Å². The normalized spacial score (nSPS) is 15.9. The van der Waals surface area contributed by atoms with Crippen LogP contribution in [-0.4, -0.2) is 21.8 Å². The molecule has 1 atom stereocenters. The number of nitrogens with zero attached hydrogens (tertiary/aromatic N) is 1. The van der Waals surface area contributed by atoms with Gasteiger partial charge in [-0.15, -0.1) is 0 Å². The van der Waals surface area contributed by atoms with Crippen LogP contribution < -0.4 is 16.6 Å². The van der Waals surface area contributed by atoms with Crippen molar-refractivity contribution in [3.8, 4) is 0 Å². The molecular weight excluding hydrogens is 344 g/mol. The standard InChI is InChI=1S/C20H18N4O3/c21-18(25)13-10-12-15(23-19(13)26)6-3-7-16(12)24-20(27)17-9-8-11-4-1-2-5-14(11)22-17/h1-2,4-5,8-10,16H,3,6-7H2,(H2,21,25)(H,23,26)(H,24,27). The van der Waals surface area contributed by atoms with Crippen LogP contribution in [0.3, 0.4) is 0 Å². The Labute approximate surface area is 154 Å². The summed E-state index contributed by atoms with van der Waals surface area (Å²) in [6, 6.07) is 12.3. The molecule has 1 aliphatic carbocycles. The Balaban J connectivity index is 1.65. The van der Waals surface area contributed by atoms with Crippen LogP contribution in [0.2, 0.25) is 0 Å². The number of rotatable bonds is 3. The fourth-order valence-electron chi connectivity index (χ4n) is 3.50. The molecule has 27 heavy (non-hydrogen) atoms. The maximum atomic E-state index is 12.7. The smallest absolute Gasteiger partial charge is 0.270 e. The first-order valence-electron chi connectivity index (χ1n) is 8.75. The van der Waals surface area contributed by atoms with E-state index in [9.17, 15) is 14.4 Å². The second kappa shape index (κ2) is 6.68. The Morgan fingerprint density at radius 1 is 1.19 bits per heavy atom. The molecule has 0 spiro atoms. The fourth-order valence-corrected chi connectivity index (χ4v) is 3.50. The summed E-state index contributed by atoms with van der Waals surface area (Å²) in [5.74, 6) is -1.09. The van der Waals surface area contributed by atoms with Crippen LogP contribution in [0.4, 0.5) is 0 Å². The third-order valence-corrected chi connectivity index (χ3v) is 4.85. The average molecular weight is 362 g/mol. The molecule has 136 valence electrons. The van der Waals surface area contributed by atoms with Gasteiger partial charge in [0.1, 0.15) is 11.3 Å². The predicted molar refractivity (Wildman–Crippen MR) is 100 cm³/mol. The molecule has 1 unspecified atom stereocenters. The number of pyridine rings is 2. The summed E-state index contributed by atoms with van der Waals surface area (Å²) in [6.07, 6.45) is 2.20. The number of nitrogens with two attached hydrogens (primary N) is 1. The monoisotopic (exact) mass is 362 g/mol. The molecule has 2 heterocycles. The van der Waals surface area contributed by atoms with Crippen LogP contribution >= 0.6 is 0 Å². The van der Waals surface area contributed by atoms with Crippen molar-refractivity contribution in [3.05, 3.63) is 75.3 Å². The SMILES string of the molecule is NC(=O)c1cc2c([nH]c1=O)CCCC2NC(=O)c1ccc2ccccc2n1. The highest BCUT2D eigenvalue weighted by molar-refractivity contribution is 5.95. The minimum Gasteiger partial charge on any atom is -0.365 e. The van der Waals surface area contributed by atoms with Crippen LogP contribution in [0.1, 0.15) is 51.0 Å². The largest absolute Gasteiger partial charge is 0.365 e. The molecule has 4 N–H and O–H groups in total. The predicted octanol–water partition coefficient (Wildman–Crippen LogP) is 1.83. The number of para-hydroxylation sites is 1. The maximum Gasteiger partial charge on any atom is 0.270 e. The molecule has 4 rings (SSSR count). The summed E-state index contributed by atoms with van der Waals surface area (Å²) in [7, 11) is 0. The van der Waals surface area contributed by atoms with E-state index in [-0.39, 0.29) is 17.5 Å². The average Bonchev–Trinajstić information content (AvgIpc) is 2.67. The van der Waals surface area contributed by atoms with E-state index >= 15 is 0 Å². The van der Waals surface area contributed by atoms with Crippen molar-refractivity contribution in [2.75, 3.05) is 0 Å². The zero-order valence-corrected chi connectivity index (χ0v) is 14.5. The Hall–Kier alpha value is -3.48. The van der Waals surface area contributed by atoms with Gasteiger partial charge < -0.3 is 16.0 Å².